The summed E-state index contributed by atoms with van der Waals surface area (Å²) in [6, 6.07) is 25.5. The molecular formula is C41H35Br3Cl2N4O3. The van der Waals surface area contributed by atoms with Gasteiger partial charge in [0.25, 0.3) is 5.91 Å². The summed E-state index contributed by atoms with van der Waals surface area (Å²) in [5.41, 5.74) is 16.2. The van der Waals surface area contributed by atoms with Crippen molar-refractivity contribution in [3.05, 3.63) is 137 Å². The molecule has 0 saturated heterocycles. The van der Waals surface area contributed by atoms with Crippen LogP contribution in [0.25, 0.3) is 44.8 Å². The number of amides is 1. The number of H-pyrrole nitrogens is 1. The Morgan fingerprint density at radius 1 is 0.906 bits per heavy atom. The second kappa shape index (κ2) is 16.4. The number of nitrogens with one attached hydrogen (secondary N) is 2. The minimum absolute atomic E-state index is 0. The Morgan fingerprint density at radius 3 is 2.38 bits per heavy atom. The smallest absolute Gasteiger partial charge is 0.336 e. The molecule has 3 heterocycles. The van der Waals surface area contributed by atoms with Crippen LogP contribution < -0.4 is 11.1 Å². The van der Waals surface area contributed by atoms with Gasteiger partial charge in [-0.2, -0.15) is 0 Å². The van der Waals surface area contributed by atoms with E-state index in [0.717, 1.165) is 88.3 Å². The maximum Gasteiger partial charge on any atom is 0.336 e. The highest BCUT2D eigenvalue weighted by Gasteiger charge is 2.30. The van der Waals surface area contributed by atoms with Crippen molar-refractivity contribution in [2.75, 3.05) is 18.4 Å². The van der Waals surface area contributed by atoms with E-state index in [1.54, 1.807) is 0 Å². The zero-order valence-corrected chi connectivity index (χ0v) is 33.8. The molecule has 0 fully saturated rings. The normalized spacial score (nSPS) is 13.9. The Kier molecular flexibility index (Phi) is 12.1. The van der Waals surface area contributed by atoms with Crippen molar-refractivity contribution >= 4 is 116 Å². The standard InChI is InChI=1S/C19H13BrClN3O.C19H12BrClO2.C2H6BrN.CH4/c20-11-1-3-13-14(9-11)23-18-16-8-10-7-12(21)2-4-15(10)24(16)6-5-22-19(25)17(13)18;20-14-2-4-16-13(7-14)9-17(18(16)19(22)23)12-5-10-1-3-15(21)8-11(10)6-12;3-1-2-4;/h1-4,7-9,23H,5-6H2,(H,22,25);1-4,6-8H,5,9H2,(H,22,23);1-2,4H2;1H4. The van der Waals surface area contributed by atoms with Crippen molar-refractivity contribution in [1.29, 1.82) is 0 Å². The minimum Gasteiger partial charge on any atom is -0.478 e. The second-order valence-electron chi connectivity index (χ2n) is 12.5. The topological polar surface area (TPSA) is 113 Å². The molecule has 1 amide bonds. The maximum absolute atomic E-state index is 12.7. The van der Waals surface area contributed by atoms with Crippen LogP contribution >= 0.6 is 71.0 Å². The number of halogens is 5. The summed E-state index contributed by atoms with van der Waals surface area (Å²) < 4.78 is 4.17. The Bertz CT molecular complexity index is 2480. The van der Waals surface area contributed by atoms with E-state index in [1.165, 1.54) is 5.56 Å². The molecule has 12 heteroatoms. The third-order valence-electron chi connectivity index (χ3n) is 9.26. The third-order valence-corrected chi connectivity index (χ3v) is 11.2. The average Bonchev–Trinajstić information content (AvgIpc) is 3.88. The van der Waals surface area contributed by atoms with Gasteiger partial charge in [0, 0.05) is 65.8 Å². The van der Waals surface area contributed by atoms with E-state index in [2.05, 4.69) is 74.8 Å². The number of aliphatic carboxylic acids is 1. The summed E-state index contributed by atoms with van der Waals surface area (Å²) in [4.78, 5) is 28.0. The summed E-state index contributed by atoms with van der Waals surface area (Å²) in [7, 11) is 0. The van der Waals surface area contributed by atoms with Gasteiger partial charge in [0.2, 0.25) is 0 Å². The molecule has 0 unspecified atom stereocenters. The van der Waals surface area contributed by atoms with Crippen molar-refractivity contribution in [2.24, 2.45) is 5.73 Å². The molecule has 2 aromatic heterocycles. The van der Waals surface area contributed by atoms with Gasteiger partial charge in [0.15, 0.2) is 0 Å². The van der Waals surface area contributed by atoms with E-state index in [-0.39, 0.29) is 13.3 Å². The van der Waals surface area contributed by atoms with E-state index in [0.29, 0.717) is 40.7 Å². The van der Waals surface area contributed by atoms with E-state index in [4.69, 9.17) is 28.9 Å². The first-order chi connectivity index (χ1) is 25.1. The summed E-state index contributed by atoms with van der Waals surface area (Å²) in [6.07, 6.45) is 3.48. The van der Waals surface area contributed by atoms with E-state index in [9.17, 15) is 14.7 Å². The monoisotopic (exact) mass is 938 g/mol. The van der Waals surface area contributed by atoms with Crippen molar-refractivity contribution in [3.63, 3.8) is 0 Å². The average molecular weight is 942 g/mol. The second-order valence-corrected chi connectivity index (χ2v) is 16.0. The number of nitrogens with zero attached hydrogens (tertiary/aromatic N) is 1. The first kappa shape index (κ1) is 39.1. The Morgan fingerprint density at radius 2 is 1.62 bits per heavy atom. The first-order valence-electron chi connectivity index (χ1n) is 16.5. The largest absolute Gasteiger partial charge is 0.478 e. The summed E-state index contributed by atoms with van der Waals surface area (Å²) >= 11 is 22.3. The Balaban J connectivity index is 0.000000163. The molecule has 0 radical (unpaired) electrons. The molecule has 2 aliphatic carbocycles. The van der Waals surface area contributed by atoms with Crippen LogP contribution in [0, 0.1) is 0 Å². The van der Waals surface area contributed by atoms with Crippen molar-refractivity contribution in [3.8, 4) is 11.4 Å². The molecule has 0 bridgehead atoms. The van der Waals surface area contributed by atoms with Gasteiger partial charge < -0.3 is 25.7 Å². The number of hydrogen-bond donors (Lipinski definition) is 4. The summed E-state index contributed by atoms with van der Waals surface area (Å²) in [5, 5.41) is 17.0. The number of nitrogens with two attached hydrogens (primary N) is 1. The summed E-state index contributed by atoms with van der Waals surface area (Å²) in [5.74, 6) is -0.908. The van der Waals surface area contributed by atoms with E-state index >= 15 is 0 Å². The number of aromatic nitrogens is 2. The highest BCUT2D eigenvalue weighted by atomic mass is 79.9. The van der Waals surface area contributed by atoms with Gasteiger partial charge >= 0.3 is 5.97 Å². The predicted molar refractivity (Wildman–Crippen MR) is 229 cm³/mol. The quantitative estimate of drug-likeness (QED) is 0.132. The molecule has 9 rings (SSSR count). The number of fused-ring (bicyclic) bond motifs is 9. The molecule has 7 nitrogen and oxygen atoms in total. The Hall–Kier alpha value is -3.64. The zero-order chi connectivity index (χ0) is 36.7. The highest BCUT2D eigenvalue weighted by Crippen LogP contribution is 2.42. The molecule has 5 N–H and O–H groups in total. The van der Waals surface area contributed by atoms with Crippen LogP contribution in [0.1, 0.15) is 40.0 Å². The van der Waals surface area contributed by atoms with E-state index < -0.39 is 5.97 Å². The number of alkyl halides is 1. The number of benzene rings is 4. The predicted octanol–water partition coefficient (Wildman–Crippen LogP) is 11.1. The summed E-state index contributed by atoms with van der Waals surface area (Å²) in [6.45, 7) is 2.03. The van der Waals surface area contributed by atoms with Crippen molar-refractivity contribution in [2.45, 2.75) is 26.8 Å². The molecule has 6 aromatic rings. The molecule has 0 atom stereocenters. The van der Waals surface area contributed by atoms with Gasteiger partial charge in [0.1, 0.15) is 0 Å². The van der Waals surface area contributed by atoms with Gasteiger partial charge in [-0.05, 0) is 107 Å². The maximum atomic E-state index is 12.7. The number of aromatic amines is 1. The number of hydrogen-bond acceptors (Lipinski definition) is 3. The first-order valence-corrected chi connectivity index (χ1v) is 19.9. The van der Waals surface area contributed by atoms with Gasteiger partial charge in [-0.1, -0.05) is 103 Å². The number of allylic oxidation sites excluding steroid dienone is 2. The molecule has 0 spiro atoms. The lowest BCUT2D eigenvalue weighted by atomic mass is 9.98. The van der Waals surface area contributed by atoms with Crippen LogP contribution in [-0.4, -0.2) is 45.0 Å². The molecule has 3 aliphatic rings. The van der Waals surface area contributed by atoms with Gasteiger partial charge in [0.05, 0.1) is 22.5 Å². The molecule has 0 saturated carbocycles. The lowest BCUT2D eigenvalue weighted by Crippen LogP contribution is -2.29. The number of rotatable bonds is 3. The van der Waals surface area contributed by atoms with Gasteiger partial charge in [-0.15, -0.1) is 0 Å². The number of carboxylic acids is 1. The van der Waals surface area contributed by atoms with Crippen LogP contribution in [0.3, 0.4) is 0 Å². The SMILES string of the molecule is C.NCCBr.O=C(O)C1=C(C2=Cc3cc(Cl)ccc3C2)Cc2cc(Br)ccc21.O=C1NCCn2c(cc3cc(Cl)ccc32)-c2[nH]c3cc(Br)ccc3c21. The Labute approximate surface area is 342 Å². The minimum atomic E-state index is -0.865. The lowest BCUT2D eigenvalue weighted by Gasteiger charge is -2.16. The van der Waals surface area contributed by atoms with Crippen LogP contribution in [-0.2, 0) is 24.2 Å². The van der Waals surface area contributed by atoms with Crippen LogP contribution in [0.2, 0.25) is 10.0 Å². The van der Waals surface area contributed by atoms with Gasteiger partial charge in [-0.3, -0.25) is 4.79 Å². The highest BCUT2D eigenvalue weighted by molar-refractivity contribution is 9.10. The number of carbonyl (C=O) groups is 2. The molecular weight excluding hydrogens is 907 g/mol. The molecule has 1 aliphatic heterocycles. The number of carboxylic acid groups (broad SMARTS) is 1. The number of carbonyl (C=O) groups excluding carboxylic acids is 1. The fourth-order valence-corrected chi connectivity index (χ4v) is 8.20. The van der Waals surface area contributed by atoms with Crippen LogP contribution in [0.4, 0.5) is 0 Å². The van der Waals surface area contributed by atoms with Gasteiger partial charge in [-0.25, -0.2) is 4.79 Å². The van der Waals surface area contributed by atoms with Crippen LogP contribution in [0.15, 0.2) is 99.0 Å². The molecule has 272 valence electrons. The van der Waals surface area contributed by atoms with Crippen LogP contribution in [0.5, 0.6) is 0 Å². The lowest BCUT2D eigenvalue weighted by molar-refractivity contribution is -0.130. The van der Waals surface area contributed by atoms with Crippen molar-refractivity contribution < 1.29 is 14.7 Å². The van der Waals surface area contributed by atoms with E-state index in [1.807, 2.05) is 72.8 Å². The van der Waals surface area contributed by atoms with Crippen molar-refractivity contribution in [1.82, 2.24) is 14.9 Å². The fraction of sp³-hybridized carbons (Fsp3) is 0.171. The molecule has 53 heavy (non-hydrogen) atoms. The third kappa shape index (κ3) is 7.81. The molecule has 4 aromatic carbocycles. The zero-order valence-electron chi connectivity index (χ0n) is 27.5. The fourth-order valence-electron chi connectivity index (χ4n) is 7.07.